The van der Waals surface area contributed by atoms with E-state index in [9.17, 15) is 4.79 Å². The van der Waals surface area contributed by atoms with Gasteiger partial charge in [0.15, 0.2) is 0 Å². The molecule has 0 aliphatic carbocycles. The summed E-state index contributed by atoms with van der Waals surface area (Å²) in [6.45, 7) is 7.72. The predicted molar refractivity (Wildman–Crippen MR) is 75.4 cm³/mol. The second-order valence-electron chi connectivity index (χ2n) is 5.60. The summed E-state index contributed by atoms with van der Waals surface area (Å²) in [5.74, 6) is -0.157. The Kier molecular flexibility index (Phi) is 4.77. The number of nitrogens with one attached hydrogen (secondary N) is 1. The fourth-order valence-corrected chi connectivity index (χ4v) is 1.90. The van der Waals surface area contributed by atoms with Gasteiger partial charge in [-0.3, -0.25) is 4.79 Å². The first kappa shape index (κ1) is 15.0. The summed E-state index contributed by atoms with van der Waals surface area (Å²) in [5, 5.41) is 3.54. The molecule has 1 rings (SSSR count). The van der Waals surface area contributed by atoms with Crippen molar-refractivity contribution in [3.8, 4) is 0 Å². The van der Waals surface area contributed by atoms with E-state index in [0.29, 0.717) is 5.02 Å². The minimum atomic E-state index is -0.539. The number of hydrogen-bond acceptors (Lipinski definition) is 2. The average molecular weight is 269 g/mol. The van der Waals surface area contributed by atoms with Crippen LogP contribution < -0.4 is 11.1 Å². The van der Waals surface area contributed by atoms with E-state index in [4.69, 9.17) is 17.3 Å². The van der Waals surface area contributed by atoms with E-state index in [1.165, 1.54) is 0 Å². The van der Waals surface area contributed by atoms with E-state index >= 15 is 0 Å². The Bertz CT molecular complexity index is 426. The Morgan fingerprint density at radius 3 is 2.39 bits per heavy atom. The Labute approximate surface area is 114 Å². The lowest BCUT2D eigenvalue weighted by Crippen LogP contribution is -2.49. The second kappa shape index (κ2) is 5.72. The third kappa shape index (κ3) is 3.72. The van der Waals surface area contributed by atoms with E-state index in [-0.39, 0.29) is 17.4 Å². The third-order valence-corrected chi connectivity index (χ3v) is 3.29. The van der Waals surface area contributed by atoms with E-state index < -0.39 is 6.04 Å². The van der Waals surface area contributed by atoms with Gasteiger partial charge in [0.1, 0.15) is 0 Å². The Hall–Kier alpha value is -1.06. The SMILES string of the molecule is C[C@H](NC(=O)[C@@H](N)C(C)(C)C)c1ccccc1Cl. The van der Waals surface area contributed by atoms with E-state index in [0.717, 1.165) is 5.56 Å². The molecule has 0 aliphatic heterocycles. The first-order valence-corrected chi connectivity index (χ1v) is 6.41. The number of benzene rings is 1. The number of nitrogens with two attached hydrogens (primary N) is 1. The predicted octanol–water partition coefficient (Wildman–Crippen LogP) is 2.89. The van der Waals surface area contributed by atoms with Crippen molar-refractivity contribution in [1.29, 1.82) is 0 Å². The van der Waals surface area contributed by atoms with Gasteiger partial charge < -0.3 is 11.1 Å². The molecule has 0 spiro atoms. The van der Waals surface area contributed by atoms with E-state index in [1.54, 1.807) is 0 Å². The number of carbonyl (C=O) groups is 1. The molecular formula is C14H21ClN2O. The first-order chi connectivity index (χ1) is 8.23. The lowest BCUT2D eigenvalue weighted by molar-refractivity contribution is -0.125. The van der Waals surface area contributed by atoms with Crippen LogP contribution in [0, 0.1) is 5.41 Å². The lowest BCUT2D eigenvalue weighted by atomic mass is 9.86. The molecule has 3 N–H and O–H groups in total. The maximum atomic E-state index is 12.0. The van der Waals surface area contributed by atoms with Gasteiger partial charge in [-0.25, -0.2) is 0 Å². The monoisotopic (exact) mass is 268 g/mol. The lowest BCUT2D eigenvalue weighted by Gasteiger charge is -2.27. The van der Waals surface area contributed by atoms with Crippen LogP contribution in [0.3, 0.4) is 0 Å². The van der Waals surface area contributed by atoms with Crippen LogP contribution in [0.25, 0.3) is 0 Å². The summed E-state index contributed by atoms with van der Waals surface area (Å²) in [7, 11) is 0. The molecule has 100 valence electrons. The van der Waals surface area contributed by atoms with Crippen LogP contribution in [0.1, 0.15) is 39.3 Å². The van der Waals surface area contributed by atoms with Crippen molar-refractivity contribution in [2.24, 2.45) is 11.1 Å². The topological polar surface area (TPSA) is 55.1 Å². The zero-order valence-corrected chi connectivity index (χ0v) is 12.1. The number of carbonyl (C=O) groups excluding carboxylic acids is 1. The molecule has 1 amide bonds. The number of halogens is 1. The highest BCUT2D eigenvalue weighted by molar-refractivity contribution is 6.31. The molecule has 4 heteroatoms. The molecule has 0 heterocycles. The molecule has 0 bridgehead atoms. The minimum Gasteiger partial charge on any atom is -0.348 e. The maximum Gasteiger partial charge on any atom is 0.237 e. The summed E-state index contributed by atoms with van der Waals surface area (Å²) in [5.41, 5.74) is 6.55. The molecule has 0 fully saturated rings. The molecule has 1 aromatic carbocycles. The van der Waals surface area contributed by atoms with Gasteiger partial charge in [-0.1, -0.05) is 50.6 Å². The normalized spacial score (nSPS) is 15.0. The molecule has 2 atom stereocenters. The smallest absolute Gasteiger partial charge is 0.237 e. The van der Waals surface area contributed by atoms with Gasteiger partial charge in [-0.2, -0.15) is 0 Å². The summed E-state index contributed by atoms with van der Waals surface area (Å²) in [6.07, 6.45) is 0. The van der Waals surface area contributed by atoms with Crippen molar-refractivity contribution in [2.45, 2.75) is 39.8 Å². The molecule has 0 saturated heterocycles. The first-order valence-electron chi connectivity index (χ1n) is 6.04. The van der Waals surface area contributed by atoms with E-state index in [1.807, 2.05) is 52.0 Å². The maximum absolute atomic E-state index is 12.0. The summed E-state index contributed by atoms with van der Waals surface area (Å²) in [4.78, 5) is 12.0. The summed E-state index contributed by atoms with van der Waals surface area (Å²) in [6, 6.07) is 6.77. The molecule has 0 radical (unpaired) electrons. The van der Waals surface area contributed by atoms with Crippen LogP contribution in [0.5, 0.6) is 0 Å². The van der Waals surface area contributed by atoms with Crippen LogP contribution in [-0.2, 0) is 4.79 Å². The van der Waals surface area contributed by atoms with Crippen LogP contribution in [0.4, 0.5) is 0 Å². The highest BCUT2D eigenvalue weighted by atomic mass is 35.5. The third-order valence-electron chi connectivity index (χ3n) is 2.95. The van der Waals surface area contributed by atoms with Crippen molar-refractivity contribution in [2.75, 3.05) is 0 Å². The highest BCUT2D eigenvalue weighted by Gasteiger charge is 2.28. The Balaban J connectivity index is 2.75. The van der Waals surface area contributed by atoms with Crippen molar-refractivity contribution in [3.63, 3.8) is 0 Å². The zero-order chi connectivity index (χ0) is 13.9. The van der Waals surface area contributed by atoms with Gasteiger partial charge >= 0.3 is 0 Å². The van der Waals surface area contributed by atoms with Crippen molar-refractivity contribution in [3.05, 3.63) is 34.9 Å². The van der Waals surface area contributed by atoms with Crippen LogP contribution in [-0.4, -0.2) is 11.9 Å². The van der Waals surface area contributed by atoms with Gasteiger partial charge in [-0.15, -0.1) is 0 Å². The van der Waals surface area contributed by atoms with Crippen molar-refractivity contribution >= 4 is 17.5 Å². The molecule has 1 aromatic rings. The van der Waals surface area contributed by atoms with Gasteiger partial charge in [0.2, 0.25) is 5.91 Å². The molecule has 0 unspecified atom stereocenters. The quantitative estimate of drug-likeness (QED) is 0.886. The van der Waals surface area contributed by atoms with Gasteiger partial charge in [0, 0.05) is 5.02 Å². The molecule has 0 aliphatic rings. The molecule has 18 heavy (non-hydrogen) atoms. The minimum absolute atomic E-state index is 0.153. The fourth-order valence-electron chi connectivity index (χ4n) is 1.60. The summed E-state index contributed by atoms with van der Waals surface area (Å²) < 4.78 is 0. The van der Waals surface area contributed by atoms with Crippen LogP contribution in [0.15, 0.2) is 24.3 Å². The zero-order valence-electron chi connectivity index (χ0n) is 11.3. The van der Waals surface area contributed by atoms with Gasteiger partial charge in [0.25, 0.3) is 0 Å². The molecule has 3 nitrogen and oxygen atoms in total. The average Bonchev–Trinajstić information content (AvgIpc) is 2.27. The molecule has 0 saturated carbocycles. The van der Waals surface area contributed by atoms with Crippen molar-refractivity contribution in [1.82, 2.24) is 5.32 Å². The molecule has 0 aromatic heterocycles. The number of amides is 1. The number of hydrogen-bond donors (Lipinski definition) is 2. The van der Waals surface area contributed by atoms with Gasteiger partial charge in [0.05, 0.1) is 12.1 Å². The van der Waals surface area contributed by atoms with Crippen LogP contribution in [0.2, 0.25) is 5.02 Å². The standard InChI is InChI=1S/C14H21ClN2O/c1-9(10-7-5-6-8-11(10)15)17-13(18)12(16)14(2,3)4/h5-9,12H,16H2,1-4H3,(H,17,18)/t9-,12+/m0/s1. The molecular weight excluding hydrogens is 248 g/mol. The van der Waals surface area contributed by atoms with Crippen LogP contribution >= 0.6 is 11.6 Å². The fraction of sp³-hybridized carbons (Fsp3) is 0.500. The van der Waals surface area contributed by atoms with Gasteiger partial charge in [-0.05, 0) is 24.0 Å². The highest BCUT2D eigenvalue weighted by Crippen LogP contribution is 2.23. The second-order valence-corrected chi connectivity index (χ2v) is 6.00. The van der Waals surface area contributed by atoms with E-state index in [2.05, 4.69) is 5.32 Å². The number of rotatable bonds is 3. The largest absolute Gasteiger partial charge is 0.348 e. The Morgan fingerprint density at radius 1 is 1.33 bits per heavy atom. The van der Waals surface area contributed by atoms with Crippen molar-refractivity contribution < 1.29 is 4.79 Å². The summed E-state index contributed by atoms with van der Waals surface area (Å²) >= 11 is 6.09. The Morgan fingerprint density at radius 2 is 1.89 bits per heavy atom.